The van der Waals surface area contributed by atoms with Gasteiger partial charge in [-0.05, 0) is 24.3 Å². The Balaban J connectivity index is 1.92. The van der Waals surface area contributed by atoms with Gasteiger partial charge in [0.2, 0.25) is 0 Å². The zero-order valence-corrected chi connectivity index (χ0v) is 11.1. The second kappa shape index (κ2) is 5.84. The molecule has 94 valence electrons. The molecule has 2 aromatic rings. The van der Waals surface area contributed by atoms with E-state index in [-0.39, 0.29) is 12.5 Å². The number of amides is 1. The van der Waals surface area contributed by atoms with Crippen molar-refractivity contribution in [2.75, 3.05) is 6.54 Å². The zero-order chi connectivity index (χ0) is 13.0. The van der Waals surface area contributed by atoms with Crippen LogP contribution in [0.4, 0.5) is 0 Å². The Morgan fingerprint density at radius 3 is 2.94 bits per heavy atom. The molecule has 0 aliphatic heterocycles. The fraction of sp³-hybridized carbons (Fsp3) is 0.154. The van der Waals surface area contributed by atoms with Gasteiger partial charge in [0.05, 0.1) is 18.6 Å². The van der Waals surface area contributed by atoms with E-state index in [9.17, 15) is 9.90 Å². The van der Waals surface area contributed by atoms with Crippen molar-refractivity contribution < 1.29 is 14.3 Å². The van der Waals surface area contributed by atoms with Gasteiger partial charge in [-0.15, -0.1) is 0 Å². The highest BCUT2D eigenvalue weighted by molar-refractivity contribution is 9.10. The van der Waals surface area contributed by atoms with E-state index in [1.165, 1.54) is 12.5 Å². The van der Waals surface area contributed by atoms with E-state index >= 15 is 0 Å². The molecule has 0 aliphatic rings. The smallest absolute Gasteiger partial charge is 0.251 e. The fourth-order valence-corrected chi connectivity index (χ4v) is 1.90. The summed E-state index contributed by atoms with van der Waals surface area (Å²) < 4.78 is 5.70. The standard InChI is InChI=1S/C13H12BrNO3/c14-11-3-1-2-9(6-11)13(17)15-7-12(16)10-4-5-18-8-10/h1-6,8,12,16H,7H2,(H,15,17)/t12-/m1/s1. The number of carbonyl (C=O) groups is 1. The molecule has 1 heterocycles. The molecule has 0 aliphatic carbocycles. The fourth-order valence-electron chi connectivity index (χ4n) is 1.50. The number of aliphatic hydroxyl groups is 1. The quantitative estimate of drug-likeness (QED) is 0.912. The molecule has 2 N–H and O–H groups in total. The minimum absolute atomic E-state index is 0.144. The maximum atomic E-state index is 11.8. The average Bonchev–Trinajstić information content (AvgIpc) is 2.89. The number of aliphatic hydroxyl groups excluding tert-OH is 1. The van der Waals surface area contributed by atoms with Crippen molar-refractivity contribution in [2.24, 2.45) is 0 Å². The predicted octanol–water partition coefficient (Wildman–Crippen LogP) is 2.51. The summed E-state index contributed by atoms with van der Waals surface area (Å²) in [5.41, 5.74) is 1.19. The SMILES string of the molecule is O=C(NC[C@@H](O)c1ccoc1)c1cccc(Br)c1. The second-order valence-corrected chi connectivity index (χ2v) is 4.71. The van der Waals surface area contributed by atoms with Crippen LogP contribution in [-0.2, 0) is 0 Å². The number of carbonyl (C=O) groups excluding carboxylic acids is 1. The molecule has 1 atom stereocenters. The second-order valence-electron chi connectivity index (χ2n) is 3.79. The van der Waals surface area contributed by atoms with Crippen LogP contribution >= 0.6 is 15.9 Å². The number of hydrogen-bond acceptors (Lipinski definition) is 3. The lowest BCUT2D eigenvalue weighted by atomic mass is 10.2. The molecule has 0 fully saturated rings. The molecular formula is C13H12BrNO3. The van der Waals surface area contributed by atoms with Gasteiger partial charge in [0, 0.05) is 22.1 Å². The Morgan fingerprint density at radius 1 is 1.44 bits per heavy atom. The van der Waals surface area contributed by atoms with Gasteiger partial charge in [-0.1, -0.05) is 22.0 Å². The number of benzene rings is 1. The predicted molar refractivity (Wildman–Crippen MR) is 70.1 cm³/mol. The summed E-state index contributed by atoms with van der Waals surface area (Å²) in [5, 5.41) is 12.4. The Labute approximate surface area is 113 Å². The van der Waals surface area contributed by atoms with E-state index in [1.807, 2.05) is 6.07 Å². The Hall–Kier alpha value is -1.59. The Morgan fingerprint density at radius 2 is 2.28 bits per heavy atom. The van der Waals surface area contributed by atoms with E-state index in [4.69, 9.17) is 4.42 Å². The minimum atomic E-state index is -0.764. The number of furan rings is 1. The molecule has 5 heteroatoms. The molecule has 0 saturated heterocycles. The lowest BCUT2D eigenvalue weighted by Gasteiger charge is -2.10. The summed E-state index contributed by atoms with van der Waals surface area (Å²) in [6.45, 7) is 0.144. The topological polar surface area (TPSA) is 62.5 Å². The number of halogens is 1. The van der Waals surface area contributed by atoms with E-state index in [1.54, 1.807) is 24.3 Å². The van der Waals surface area contributed by atoms with Gasteiger partial charge in [0.25, 0.3) is 5.91 Å². The third-order valence-corrected chi connectivity index (χ3v) is 2.96. The lowest BCUT2D eigenvalue weighted by molar-refractivity contribution is 0.0916. The first-order valence-electron chi connectivity index (χ1n) is 5.41. The van der Waals surface area contributed by atoms with Gasteiger partial charge >= 0.3 is 0 Å². The molecule has 0 radical (unpaired) electrons. The number of nitrogens with one attached hydrogen (secondary N) is 1. The summed E-state index contributed by atoms with van der Waals surface area (Å²) >= 11 is 3.30. The van der Waals surface area contributed by atoms with Gasteiger partial charge in [-0.25, -0.2) is 0 Å². The maximum absolute atomic E-state index is 11.8. The molecular weight excluding hydrogens is 298 g/mol. The van der Waals surface area contributed by atoms with E-state index in [0.29, 0.717) is 11.1 Å². The van der Waals surface area contributed by atoms with Crippen molar-refractivity contribution >= 4 is 21.8 Å². The molecule has 0 spiro atoms. The van der Waals surface area contributed by atoms with Gasteiger partial charge in [0.1, 0.15) is 0 Å². The highest BCUT2D eigenvalue weighted by Crippen LogP contribution is 2.13. The molecule has 0 bridgehead atoms. The summed E-state index contributed by atoms with van der Waals surface area (Å²) in [7, 11) is 0. The molecule has 1 aromatic heterocycles. The maximum Gasteiger partial charge on any atom is 0.251 e. The van der Waals surface area contributed by atoms with Crippen LogP contribution in [0, 0.1) is 0 Å². The van der Waals surface area contributed by atoms with Gasteiger partial charge in [-0.3, -0.25) is 4.79 Å². The first-order valence-corrected chi connectivity index (χ1v) is 6.20. The van der Waals surface area contributed by atoms with Crippen molar-refractivity contribution in [2.45, 2.75) is 6.10 Å². The zero-order valence-electron chi connectivity index (χ0n) is 9.47. The van der Waals surface area contributed by atoms with Gasteiger partial charge in [-0.2, -0.15) is 0 Å². The summed E-state index contributed by atoms with van der Waals surface area (Å²) in [6.07, 6.45) is 2.17. The van der Waals surface area contributed by atoms with Crippen molar-refractivity contribution in [1.82, 2.24) is 5.32 Å². The molecule has 2 rings (SSSR count). The van der Waals surface area contributed by atoms with Crippen LogP contribution < -0.4 is 5.32 Å². The molecule has 1 amide bonds. The normalized spacial score (nSPS) is 12.1. The summed E-state index contributed by atoms with van der Waals surface area (Å²) in [4.78, 5) is 11.8. The van der Waals surface area contributed by atoms with Gasteiger partial charge in [0.15, 0.2) is 0 Å². The highest BCUT2D eigenvalue weighted by Gasteiger charge is 2.11. The van der Waals surface area contributed by atoms with Crippen LogP contribution in [0.3, 0.4) is 0 Å². The van der Waals surface area contributed by atoms with Crippen LogP contribution in [0.15, 0.2) is 51.7 Å². The van der Waals surface area contributed by atoms with Crippen LogP contribution in [0.5, 0.6) is 0 Å². The molecule has 4 nitrogen and oxygen atoms in total. The van der Waals surface area contributed by atoms with Crippen molar-refractivity contribution in [3.8, 4) is 0 Å². The molecule has 1 aromatic carbocycles. The third kappa shape index (κ3) is 3.21. The van der Waals surface area contributed by atoms with Crippen molar-refractivity contribution in [3.05, 3.63) is 58.5 Å². The van der Waals surface area contributed by atoms with Crippen LogP contribution in [0.25, 0.3) is 0 Å². The molecule has 0 unspecified atom stereocenters. The van der Waals surface area contributed by atoms with Crippen LogP contribution in [-0.4, -0.2) is 17.6 Å². The Bertz CT molecular complexity index is 525. The van der Waals surface area contributed by atoms with Crippen LogP contribution in [0.2, 0.25) is 0 Å². The summed E-state index contributed by atoms with van der Waals surface area (Å²) in [6, 6.07) is 8.72. The van der Waals surface area contributed by atoms with Gasteiger partial charge < -0.3 is 14.8 Å². The first-order chi connectivity index (χ1) is 8.66. The molecule has 0 saturated carbocycles. The summed E-state index contributed by atoms with van der Waals surface area (Å²) in [5.74, 6) is -0.223. The van der Waals surface area contributed by atoms with Crippen LogP contribution in [0.1, 0.15) is 22.0 Å². The monoisotopic (exact) mass is 309 g/mol. The van der Waals surface area contributed by atoms with Crippen molar-refractivity contribution in [1.29, 1.82) is 0 Å². The van der Waals surface area contributed by atoms with Crippen molar-refractivity contribution in [3.63, 3.8) is 0 Å². The van der Waals surface area contributed by atoms with E-state index < -0.39 is 6.10 Å². The number of hydrogen-bond donors (Lipinski definition) is 2. The third-order valence-electron chi connectivity index (χ3n) is 2.47. The van der Waals surface area contributed by atoms with E-state index in [0.717, 1.165) is 4.47 Å². The average molecular weight is 310 g/mol. The van der Waals surface area contributed by atoms with E-state index in [2.05, 4.69) is 21.2 Å². The Kier molecular flexibility index (Phi) is 4.17. The molecule has 18 heavy (non-hydrogen) atoms. The highest BCUT2D eigenvalue weighted by atomic mass is 79.9. The minimum Gasteiger partial charge on any atom is -0.472 e. The first kappa shape index (κ1) is 12.9. The number of rotatable bonds is 4. The largest absolute Gasteiger partial charge is 0.472 e. The lowest BCUT2D eigenvalue weighted by Crippen LogP contribution is -2.28.